The van der Waals surface area contributed by atoms with Gasteiger partial charge < -0.3 is 20.5 Å². The highest BCUT2D eigenvalue weighted by molar-refractivity contribution is 5.81. The summed E-state index contributed by atoms with van der Waals surface area (Å²) in [7, 11) is 0. The number of hydrogen-bond acceptors (Lipinski definition) is 5. The normalized spacial score (nSPS) is 17.8. The first-order valence-corrected chi connectivity index (χ1v) is 3.59. The second kappa shape index (κ2) is 3.15. The monoisotopic (exact) mass is 186 g/mol. The van der Waals surface area contributed by atoms with Gasteiger partial charge in [-0.15, -0.1) is 0 Å². The van der Waals surface area contributed by atoms with Gasteiger partial charge in [0, 0.05) is 5.56 Å². The van der Waals surface area contributed by atoms with Crippen molar-refractivity contribution in [2.24, 2.45) is 5.73 Å². The topological polar surface area (TPSA) is 110 Å². The van der Waals surface area contributed by atoms with Crippen molar-refractivity contribution in [3.63, 3.8) is 0 Å². The number of carboxylic acid groups (broad SMARTS) is 1. The van der Waals surface area contributed by atoms with Crippen LogP contribution in [0.1, 0.15) is 12.5 Å². The average Bonchev–Trinajstić information content (AvgIpc) is 2.54. The lowest BCUT2D eigenvalue weighted by Gasteiger charge is -2.25. The first-order chi connectivity index (χ1) is 5.99. The number of rotatable bonds is 3. The van der Waals surface area contributed by atoms with Crippen LogP contribution >= 0.6 is 0 Å². The van der Waals surface area contributed by atoms with Crippen LogP contribution in [0.4, 0.5) is 0 Å². The van der Waals surface area contributed by atoms with Crippen LogP contribution in [0.2, 0.25) is 0 Å². The summed E-state index contributed by atoms with van der Waals surface area (Å²) >= 11 is 0. The Hall–Kier alpha value is -1.40. The van der Waals surface area contributed by atoms with Crippen molar-refractivity contribution < 1.29 is 19.5 Å². The van der Waals surface area contributed by atoms with E-state index in [1.165, 1.54) is 13.1 Å². The molecule has 72 valence electrons. The summed E-state index contributed by atoms with van der Waals surface area (Å²) < 4.78 is 4.46. The van der Waals surface area contributed by atoms with E-state index in [0.717, 1.165) is 6.26 Å². The SMILES string of the molecule is CC(O)C(N)(C(=O)O)c1cnoc1. The van der Waals surface area contributed by atoms with Crippen molar-refractivity contribution in [3.05, 3.63) is 18.0 Å². The Bertz CT molecular complexity index is 295. The maximum atomic E-state index is 10.8. The molecule has 0 saturated carbocycles. The quantitative estimate of drug-likeness (QED) is 0.575. The lowest BCUT2D eigenvalue weighted by molar-refractivity contribution is -0.148. The lowest BCUT2D eigenvalue weighted by atomic mass is 9.89. The van der Waals surface area contributed by atoms with Crippen molar-refractivity contribution in [1.82, 2.24) is 5.16 Å². The molecule has 1 rings (SSSR count). The molecule has 0 amide bonds. The average molecular weight is 186 g/mol. The van der Waals surface area contributed by atoms with E-state index in [4.69, 9.17) is 10.8 Å². The van der Waals surface area contributed by atoms with E-state index in [9.17, 15) is 9.90 Å². The van der Waals surface area contributed by atoms with Crippen LogP contribution in [0.15, 0.2) is 17.0 Å². The van der Waals surface area contributed by atoms with Gasteiger partial charge in [-0.25, -0.2) is 4.79 Å². The van der Waals surface area contributed by atoms with E-state index in [0.29, 0.717) is 0 Å². The predicted molar refractivity (Wildman–Crippen MR) is 41.7 cm³/mol. The number of nitrogens with two attached hydrogens (primary N) is 1. The van der Waals surface area contributed by atoms with Crippen molar-refractivity contribution >= 4 is 5.97 Å². The predicted octanol–water partition coefficient (Wildman–Crippen LogP) is -0.706. The molecule has 0 aliphatic rings. The highest BCUT2D eigenvalue weighted by atomic mass is 16.5. The number of carbonyl (C=O) groups is 1. The maximum absolute atomic E-state index is 10.8. The summed E-state index contributed by atoms with van der Waals surface area (Å²) in [4.78, 5) is 10.8. The molecule has 0 saturated heterocycles. The molecule has 0 aromatic carbocycles. The summed E-state index contributed by atoms with van der Waals surface area (Å²) in [5.74, 6) is -1.33. The number of aliphatic carboxylic acids is 1. The Morgan fingerprint density at radius 2 is 2.46 bits per heavy atom. The Kier molecular flexibility index (Phi) is 2.35. The van der Waals surface area contributed by atoms with Crippen LogP contribution in [-0.2, 0) is 10.3 Å². The van der Waals surface area contributed by atoms with E-state index in [1.54, 1.807) is 0 Å². The first kappa shape index (κ1) is 9.69. The smallest absolute Gasteiger partial charge is 0.331 e. The van der Waals surface area contributed by atoms with Crippen LogP contribution in [0, 0.1) is 0 Å². The van der Waals surface area contributed by atoms with Gasteiger partial charge in [-0.3, -0.25) is 0 Å². The van der Waals surface area contributed by atoms with Gasteiger partial charge in [0.05, 0.1) is 12.3 Å². The Morgan fingerprint density at radius 1 is 1.85 bits per heavy atom. The largest absolute Gasteiger partial charge is 0.480 e. The van der Waals surface area contributed by atoms with E-state index in [1.807, 2.05) is 0 Å². The molecule has 1 aromatic rings. The first-order valence-electron chi connectivity index (χ1n) is 3.59. The second-order valence-corrected chi connectivity index (χ2v) is 2.76. The summed E-state index contributed by atoms with van der Waals surface area (Å²) in [6.07, 6.45) is 1.03. The summed E-state index contributed by atoms with van der Waals surface area (Å²) in [5.41, 5.74) is 3.77. The number of aliphatic hydroxyl groups excluding tert-OH is 1. The molecule has 1 aromatic heterocycles. The molecule has 6 heteroatoms. The fourth-order valence-electron chi connectivity index (χ4n) is 0.953. The van der Waals surface area contributed by atoms with Gasteiger partial charge >= 0.3 is 5.97 Å². The molecule has 4 N–H and O–H groups in total. The molecular formula is C7H10N2O4. The van der Waals surface area contributed by atoms with Crippen molar-refractivity contribution in [2.75, 3.05) is 0 Å². The third-order valence-electron chi connectivity index (χ3n) is 1.92. The van der Waals surface area contributed by atoms with Gasteiger partial charge in [0.2, 0.25) is 0 Å². The summed E-state index contributed by atoms with van der Waals surface area (Å²) in [5, 5.41) is 21.4. The van der Waals surface area contributed by atoms with E-state index >= 15 is 0 Å². The molecule has 0 bridgehead atoms. The highest BCUT2D eigenvalue weighted by Gasteiger charge is 2.42. The zero-order valence-electron chi connectivity index (χ0n) is 6.97. The van der Waals surface area contributed by atoms with Crippen LogP contribution in [-0.4, -0.2) is 27.4 Å². The standard InChI is InChI=1S/C7H10N2O4/c1-4(10)7(8,6(11)12)5-2-9-13-3-5/h2-4,10H,8H2,1H3,(H,11,12). The molecule has 0 aliphatic heterocycles. The Labute approximate surface area is 73.9 Å². The molecule has 13 heavy (non-hydrogen) atoms. The van der Waals surface area contributed by atoms with E-state index in [-0.39, 0.29) is 5.56 Å². The molecule has 2 unspecified atom stereocenters. The Morgan fingerprint density at radius 3 is 2.77 bits per heavy atom. The summed E-state index contributed by atoms with van der Waals surface area (Å²) in [6.45, 7) is 1.29. The molecule has 0 radical (unpaired) electrons. The van der Waals surface area contributed by atoms with Crippen LogP contribution < -0.4 is 5.73 Å². The third-order valence-corrected chi connectivity index (χ3v) is 1.92. The third kappa shape index (κ3) is 1.41. The molecule has 0 aliphatic carbocycles. The minimum absolute atomic E-state index is 0.134. The fraction of sp³-hybridized carbons (Fsp3) is 0.429. The lowest BCUT2D eigenvalue weighted by Crippen LogP contribution is -2.53. The zero-order valence-corrected chi connectivity index (χ0v) is 6.97. The molecule has 6 nitrogen and oxygen atoms in total. The highest BCUT2D eigenvalue weighted by Crippen LogP contribution is 2.22. The zero-order chi connectivity index (χ0) is 10.1. The van der Waals surface area contributed by atoms with Crippen molar-refractivity contribution in [3.8, 4) is 0 Å². The fourth-order valence-corrected chi connectivity index (χ4v) is 0.953. The van der Waals surface area contributed by atoms with Crippen LogP contribution in [0.3, 0.4) is 0 Å². The van der Waals surface area contributed by atoms with Gasteiger partial charge in [0.25, 0.3) is 0 Å². The number of aliphatic hydroxyl groups is 1. The van der Waals surface area contributed by atoms with Gasteiger partial charge in [0.15, 0.2) is 5.54 Å². The number of hydrogen-bond donors (Lipinski definition) is 3. The van der Waals surface area contributed by atoms with Gasteiger partial charge in [-0.05, 0) is 6.92 Å². The van der Waals surface area contributed by atoms with Gasteiger partial charge in [-0.1, -0.05) is 5.16 Å². The molecule has 2 atom stereocenters. The number of nitrogens with zero attached hydrogens (tertiary/aromatic N) is 1. The van der Waals surface area contributed by atoms with Crippen LogP contribution in [0.25, 0.3) is 0 Å². The minimum atomic E-state index is -1.86. The van der Waals surface area contributed by atoms with Crippen molar-refractivity contribution in [2.45, 2.75) is 18.6 Å². The Balaban J connectivity index is 3.13. The van der Waals surface area contributed by atoms with Crippen LogP contribution in [0.5, 0.6) is 0 Å². The van der Waals surface area contributed by atoms with Crippen molar-refractivity contribution in [1.29, 1.82) is 0 Å². The molecule has 0 spiro atoms. The molecular weight excluding hydrogens is 176 g/mol. The number of carboxylic acids is 1. The molecule has 1 heterocycles. The van der Waals surface area contributed by atoms with E-state index < -0.39 is 17.6 Å². The number of aromatic nitrogens is 1. The molecule has 0 fully saturated rings. The van der Waals surface area contributed by atoms with Gasteiger partial charge in [0.1, 0.15) is 6.26 Å². The second-order valence-electron chi connectivity index (χ2n) is 2.76. The summed E-state index contributed by atoms with van der Waals surface area (Å²) in [6, 6.07) is 0. The van der Waals surface area contributed by atoms with E-state index in [2.05, 4.69) is 9.68 Å². The minimum Gasteiger partial charge on any atom is -0.480 e. The maximum Gasteiger partial charge on any atom is 0.331 e. The van der Waals surface area contributed by atoms with Gasteiger partial charge in [-0.2, -0.15) is 0 Å².